The maximum absolute atomic E-state index is 13.4. The summed E-state index contributed by atoms with van der Waals surface area (Å²) in [5.74, 6) is 0.947. The van der Waals surface area contributed by atoms with Crippen LogP contribution in [0.1, 0.15) is 17.3 Å². The number of methoxy groups -OCH3 is 2. The van der Waals surface area contributed by atoms with Crippen LogP contribution in [0.3, 0.4) is 0 Å². The van der Waals surface area contributed by atoms with Crippen molar-refractivity contribution in [3.63, 3.8) is 0 Å². The van der Waals surface area contributed by atoms with E-state index < -0.39 is 0 Å². The van der Waals surface area contributed by atoms with Gasteiger partial charge in [0.25, 0.3) is 5.91 Å². The molecule has 4 aromatic rings. The molecule has 4 rings (SSSR count). The number of hydrogen-bond acceptors (Lipinski definition) is 5. The van der Waals surface area contributed by atoms with Crippen molar-refractivity contribution in [2.75, 3.05) is 31.5 Å². The monoisotopic (exact) mass is 455 g/mol. The fourth-order valence-electron chi connectivity index (χ4n) is 3.66. The molecule has 0 aliphatic rings. The number of nitrogens with one attached hydrogen (secondary N) is 1. The molecule has 0 saturated carbocycles. The smallest absolute Gasteiger partial charge is 0.256 e. The van der Waals surface area contributed by atoms with Crippen LogP contribution in [0.5, 0.6) is 11.5 Å². The SMILES string of the molecule is COc1ccc(OC)c(-c2cc(C(=O)Nc3ccc(N(C)C(C)=O)cc3)c3ccccc3n2)c1. The van der Waals surface area contributed by atoms with E-state index in [2.05, 4.69) is 5.32 Å². The predicted octanol–water partition coefficient (Wildman–Crippen LogP) is 5.15. The van der Waals surface area contributed by atoms with Crippen molar-refractivity contribution in [2.24, 2.45) is 0 Å². The van der Waals surface area contributed by atoms with Gasteiger partial charge in [0.05, 0.1) is 31.0 Å². The van der Waals surface area contributed by atoms with E-state index in [0.717, 1.165) is 16.6 Å². The second-order valence-electron chi connectivity index (χ2n) is 7.72. The van der Waals surface area contributed by atoms with E-state index in [1.54, 1.807) is 51.6 Å². The van der Waals surface area contributed by atoms with Crippen LogP contribution >= 0.6 is 0 Å². The van der Waals surface area contributed by atoms with Gasteiger partial charge in [-0.1, -0.05) is 18.2 Å². The normalized spacial score (nSPS) is 10.6. The van der Waals surface area contributed by atoms with Gasteiger partial charge in [0.1, 0.15) is 11.5 Å². The lowest BCUT2D eigenvalue weighted by atomic mass is 10.0. The van der Waals surface area contributed by atoms with Crippen molar-refractivity contribution in [3.8, 4) is 22.8 Å². The fourth-order valence-corrected chi connectivity index (χ4v) is 3.66. The van der Waals surface area contributed by atoms with Gasteiger partial charge in [-0.05, 0) is 54.6 Å². The van der Waals surface area contributed by atoms with Gasteiger partial charge in [0, 0.05) is 36.3 Å². The molecule has 34 heavy (non-hydrogen) atoms. The molecule has 0 aliphatic heterocycles. The molecule has 0 fully saturated rings. The zero-order valence-corrected chi connectivity index (χ0v) is 19.5. The third kappa shape index (κ3) is 4.54. The van der Waals surface area contributed by atoms with Crippen LogP contribution in [0.25, 0.3) is 22.2 Å². The van der Waals surface area contributed by atoms with Crippen LogP contribution in [-0.4, -0.2) is 38.1 Å². The quantitative estimate of drug-likeness (QED) is 0.435. The lowest BCUT2D eigenvalue weighted by molar-refractivity contribution is -0.116. The Bertz CT molecular complexity index is 1370. The average Bonchev–Trinajstić information content (AvgIpc) is 2.87. The number of fused-ring (bicyclic) bond motifs is 1. The summed E-state index contributed by atoms with van der Waals surface area (Å²) in [6, 6.07) is 21.8. The zero-order chi connectivity index (χ0) is 24.2. The molecule has 0 radical (unpaired) electrons. The van der Waals surface area contributed by atoms with Crippen molar-refractivity contribution >= 4 is 34.1 Å². The molecule has 2 amide bonds. The number of ether oxygens (including phenoxy) is 2. The molecule has 172 valence electrons. The van der Waals surface area contributed by atoms with Crippen molar-refractivity contribution in [3.05, 3.63) is 78.4 Å². The molecule has 3 aromatic carbocycles. The molecule has 1 heterocycles. The lowest BCUT2D eigenvalue weighted by Gasteiger charge is -2.16. The van der Waals surface area contributed by atoms with E-state index in [-0.39, 0.29) is 11.8 Å². The molecule has 0 spiro atoms. The number of pyridine rings is 1. The number of benzene rings is 3. The number of aromatic nitrogens is 1. The number of carbonyl (C=O) groups excluding carboxylic acids is 2. The number of rotatable bonds is 6. The van der Waals surface area contributed by atoms with Crippen LogP contribution in [0.2, 0.25) is 0 Å². The first-order valence-corrected chi connectivity index (χ1v) is 10.7. The molecular formula is C27H25N3O4. The maximum Gasteiger partial charge on any atom is 0.256 e. The van der Waals surface area contributed by atoms with Crippen molar-refractivity contribution < 1.29 is 19.1 Å². The minimum absolute atomic E-state index is 0.0689. The zero-order valence-electron chi connectivity index (χ0n) is 19.5. The Kier molecular flexibility index (Phi) is 6.45. The van der Waals surface area contributed by atoms with E-state index >= 15 is 0 Å². The number of para-hydroxylation sites is 1. The summed E-state index contributed by atoms with van der Waals surface area (Å²) in [5.41, 5.74) is 3.85. The summed E-state index contributed by atoms with van der Waals surface area (Å²) in [6.45, 7) is 1.50. The minimum atomic E-state index is -0.269. The highest BCUT2D eigenvalue weighted by Gasteiger charge is 2.17. The Labute approximate surface area is 197 Å². The van der Waals surface area contributed by atoms with E-state index in [4.69, 9.17) is 14.5 Å². The predicted molar refractivity (Wildman–Crippen MR) is 134 cm³/mol. The van der Waals surface area contributed by atoms with Crippen LogP contribution in [0, 0.1) is 0 Å². The molecule has 7 heteroatoms. The third-order valence-corrected chi connectivity index (χ3v) is 5.63. The van der Waals surface area contributed by atoms with Crippen LogP contribution in [0.4, 0.5) is 11.4 Å². The maximum atomic E-state index is 13.4. The van der Waals surface area contributed by atoms with Gasteiger partial charge >= 0.3 is 0 Å². The van der Waals surface area contributed by atoms with Crippen LogP contribution < -0.4 is 19.7 Å². The molecule has 0 bridgehead atoms. The highest BCUT2D eigenvalue weighted by molar-refractivity contribution is 6.13. The fraction of sp³-hybridized carbons (Fsp3) is 0.148. The number of anilines is 2. The average molecular weight is 456 g/mol. The molecule has 0 saturated heterocycles. The number of amides is 2. The Morgan fingerprint density at radius 2 is 1.65 bits per heavy atom. The summed E-state index contributed by atoms with van der Waals surface area (Å²) < 4.78 is 10.9. The highest BCUT2D eigenvalue weighted by Crippen LogP contribution is 2.34. The van der Waals surface area contributed by atoms with Gasteiger partial charge in [-0.3, -0.25) is 9.59 Å². The first kappa shape index (κ1) is 22.8. The third-order valence-electron chi connectivity index (χ3n) is 5.63. The molecule has 0 aliphatic carbocycles. The van der Waals surface area contributed by atoms with Gasteiger partial charge < -0.3 is 19.7 Å². The standard InChI is InChI=1S/C27H25N3O4/c1-17(31)30(2)19-11-9-18(10-12-19)28-27(32)22-16-25(29-24-8-6-5-7-21(22)24)23-15-20(33-3)13-14-26(23)34-4/h5-16H,1-4H3,(H,28,32). The van der Waals surface area contributed by atoms with Gasteiger partial charge in [-0.25, -0.2) is 4.98 Å². The topological polar surface area (TPSA) is 80.8 Å². The summed E-state index contributed by atoms with van der Waals surface area (Å²) in [6.07, 6.45) is 0. The van der Waals surface area contributed by atoms with Crippen molar-refractivity contribution in [1.82, 2.24) is 4.98 Å². The van der Waals surface area contributed by atoms with Crippen LogP contribution in [0.15, 0.2) is 72.8 Å². The Morgan fingerprint density at radius 3 is 2.32 bits per heavy atom. The van der Waals surface area contributed by atoms with Gasteiger partial charge in [-0.15, -0.1) is 0 Å². The molecule has 7 nitrogen and oxygen atoms in total. The summed E-state index contributed by atoms with van der Waals surface area (Å²) in [4.78, 5) is 31.3. The first-order valence-electron chi connectivity index (χ1n) is 10.7. The van der Waals surface area contributed by atoms with Crippen LogP contribution in [-0.2, 0) is 4.79 Å². The van der Waals surface area contributed by atoms with Crippen molar-refractivity contribution in [1.29, 1.82) is 0 Å². The van der Waals surface area contributed by atoms with E-state index in [0.29, 0.717) is 34.0 Å². The summed E-state index contributed by atoms with van der Waals surface area (Å²) in [7, 11) is 4.89. The molecule has 0 unspecified atom stereocenters. The molecule has 1 N–H and O–H groups in total. The minimum Gasteiger partial charge on any atom is -0.497 e. The van der Waals surface area contributed by atoms with E-state index in [1.165, 1.54) is 11.8 Å². The second-order valence-corrected chi connectivity index (χ2v) is 7.72. The lowest BCUT2D eigenvalue weighted by Crippen LogP contribution is -2.22. The van der Waals surface area contributed by atoms with Gasteiger partial charge in [0.2, 0.25) is 5.91 Å². The summed E-state index contributed by atoms with van der Waals surface area (Å²) >= 11 is 0. The Hall–Kier alpha value is -4.39. The number of nitrogens with zero attached hydrogens (tertiary/aromatic N) is 2. The number of hydrogen-bond donors (Lipinski definition) is 1. The first-order chi connectivity index (χ1) is 16.4. The number of carbonyl (C=O) groups is 2. The molecule has 0 atom stereocenters. The summed E-state index contributed by atoms with van der Waals surface area (Å²) in [5, 5.41) is 3.68. The largest absolute Gasteiger partial charge is 0.497 e. The highest BCUT2D eigenvalue weighted by atomic mass is 16.5. The Morgan fingerprint density at radius 1 is 0.912 bits per heavy atom. The molecule has 1 aromatic heterocycles. The van der Waals surface area contributed by atoms with E-state index in [1.807, 2.05) is 42.5 Å². The van der Waals surface area contributed by atoms with Gasteiger partial charge in [0.15, 0.2) is 0 Å². The molecular weight excluding hydrogens is 430 g/mol. The van der Waals surface area contributed by atoms with E-state index in [9.17, 15) is 9.59 Å². The van der Waals surface area contributed by atoms with Gasteiger partial charge in [-0.2, -0.15) is 0 Å². The van der Waals surface area contributed by atoms with Crippen molar-refractivity contribution in [2.45, 2.75) is 6.92 Å². The second kappa shape index (κ2) is 9.62. The Balaban J connectivity index is 1.74.